The van der Waals surface area contributed by atoms with E-state index in [9.17, 15) is 19.7 Å². The van der Waals surface area contributed by atoms with Gasteiger partial charge in [0.2, 0.25) is 0 Å². The van der Waals surface area contributed by atoms with Crippen LogP contribution in [0.2, 0.25) is 0 Å². The standard InChI is InChI=1S/C14H14N2O4/c1-2-14(16(19)20)12(17)10-7-3-5-9-6-4-8-15(11(9)10)13(14)18/h3,5,7H,2,4,6,8H2,1H3. The van der Waals surface area contributed by atoms with Crippen LogP contribution in [0.3, 0.4) is 0 Å². The van der Waals surface area contributed by atoms with Crippen LogP contribution in [0.15, 0.2) is 18.2 Å². The summed E-state index contributed by atoms with van der Waals surface area (Å²) in [5, 5.41) is 11.4. The summed E-state index contributed by atoms with van der Waals surface area (Å²) in [6, 6.07) is 5.18. The molecule has 6 nitrogen and oxygen atoms in total. The number of nitrogens with zero attached hydrogens (tertiary/aromatic N) is 2. The molecular weight excluding hydrogens is 260 g/mol. The summed E-state index contributed by atoms with van der Waals surface area (Å²) in [7, 11) is 0. The third kappa shape index (κ3) is 1.33. The molecule has 2 heterocycles. The van der Waals surface area contributed by atoms with Gasteiger partial charge in [-0.05, 0) is 24.5 Å². The fourth-order valence-corrected chi connectivity index (χ4v) is 3.18. The molecule has 2 aliphatic heterocycles. The van der Waals surface area contributed by atoms with Crippen LogP contribution in [-0.2, 0) is 11.2 Å². The van der Waals surface area contributed by atoms with Crippen molar-refractivity contribution in [1.29, 1.82) is 0 Å². The fourth-order valence-electron chi connectivity index (χ4n) is 3.18. The van der Waals surface area contributed by atoms with Crippen LogP contribution in [0.25, 0.3) is 0 Å². The first kappa shape index (κ1) is 12.8. The van der Waals surface area contributed by atoms with Gasteiger partial charge in [0, 0.05) is 23.5 Å². The number of aryl methyl sites for hydroxylation is 1. The van der Waals surface area contributed by atoms with Crippen molar-refractivity contribution < 1.29 is 14.5 Å². The molecule has 1 aromatic rings. The van der Waals surface area contributed by atoms with E-state index in [1.54, 1.807) is 12.1 Å². The van der Waals surface area contributed by atoms with Gasteiger partial charge in [-0.2, -0.15) is 0 Å². The van der Waals surface area contributed by atoms with Gasteiger partial charge in [-0.25, -0.2) is 0 Å². The highest BCUT2D eigenvalue weighted by atomic mass is 16.6. The van der Waals surface area contributed by atoms with E-state index in [4.69, 9.17) is 0 Å². The summed E-state index contributed by atoms with van der Waals surface area (Å²) < 4.78 is 0. The summed E-state index contributed by atoms with van der Waals surface area (Å²) in [6.45, 7) is 1.95. The van der Waals surface area contributed by atoms with Gasteiger partial charge in [-0.1, -0.05) is 19.1 Å². The van der Waals surface area contributed by atoms with Crippen molar-refractivity contribution in [2.45, 2.75) is 31.7 Å². The number of carbonyl (C=O) groups excluding carboxylic acids is 2. The van der Waals surface area contributed by atoms with Gasteiger partial charge >= 0.3 is 11.4 Å². The van der Waals surface area contributed by atoms with Crippen LogP contribution in [0, 0.1) is 10.1 Å². The van der Waals surface area contributed by atoms with E-state index in [0.717, 1.165) is 18.4 Å². The predicted octanol–water partition coefficient (Wildman–Crippen LogP) is 1.59. The van der Waals surface area contributed by atoms with E-state index in [2.05, 4.69) is 0 Å². The molecule has 0 aliphatic carbocycles. The maximum atomic E-state index is 12.6. The Kier molecular flexibility index (Phi) is 2.64. The molecule has 2 aliphatic rings. The number of benzene rings is 1. The van der Waals surface area contributed by atoms with Crippen molar-refractivity contribution in [3.63, 3.8) is 0 Å². The molecule has 0 saturated heterocycles. The Bertz CT molecular complexity index is 640. The van der Waals surface area contributed by atoms with E-state index >= 15 is 0 Å². The molecule has 104 valence electrons. The number of rotatable bonds is 2. The smallest absolute Gasteiger partial charge is 0.305 e. The van der Waals surface area contributed by atoms with Crippen LogP contribution in [0.4, 0.5) is 5.69 Å². The van der Waals surface area contributed by atoms with Crippen LogP contribution in [-0.4, -0.2) is 28.7 Å². The third-order valence-electron chi connectivity index (χ3n) is 4.26. The quantitative estimate of drug-likeness (QED) is 0.466. The van der Waals surface area contributed by atoms with Crippen LogP contribution < -0.4 is 4.90 Å². The number of nitro groups is 1. The van der Waals surface area contributed by atoms with Gasteiger partial charge < -0.3 is 4.90 Å². The van der Waals surface area contributed by atoms with Crippen molar-refractivity contribution in [1.82, 2.24) is 0 Å². The van der Waals surface area contributed by atoms with Crippen molar-refractivity contribution >= 4 is 17.4 Å². The van der Waals surface area contributed by atoms with Crippen LogP contribution >= 0.6 is 0 Å². The zero-order chi connectivity index (χ0) is 14.5. The topological polar surface area (TPSA) is 80.5 Å². The molecule has 0 radical (unpaired) electrons. The van der Waals surface area contributed by atoms with Gasteiger partial charge in [0.15, 0.2) is 0 Å². The first-order valence-electron chi connectivity index (χ1n) is 6.67. The Morgan fingerprint density at radius 3 is 2.80 bits per heavy atom. The lowest BCUT2D eigenvalue weighted by Gasteiger charge is -2.39. The second-order valence-corrected chi connectivity index (χ2v) is 5.17. The summed E-state index contributed by atoms with van der Waals surface area (Å²) in [5.41, 5.74) is -0.341. The number of carbonyl (C=O) groups is 2. The Morgan fingerprint density at radius 2 is 2.15 bits per heavy atom. The molecular formula is C14H14N2O4. The molecule has 3 rings (SSSR count). The molecule has 0 bridgehead atoms. The maximum Gasteiger partial charge on any atom is 0.360 e. The highest BCUT2D eigenvalue weighted by Crippen LogP contribution is 2.40. The zero-order valence-corrected chi connectivity index (χ0v) is 11.1. The number of ketones is 1. The molecule has 1 unspecified atom stereocenters. The first-order valence-corrected chi connectivity index (χ1v) is 6.67. The Labute approximate surface area is 115 Å². The number of para-hydroxylation sites is 1. The average molecular weight is 274 g/mol. The summed E-state index contributed by atoms with van der Waals surface area (Å²) in [5.74, 6) is -1.36. The van der Waals surface area contributed by atoms with E-state index in [1.807, 2.05) is 6.07 Å². The van der Waals surface area contributed by atoms with Gasteiger partial charge in [0.05, 0.1) is 5.69 Å². The lowest BCUT2D eigenvalue weighted by Crippen LogP contribution is -2.63. The molecule has 0 aromatic heterocycles. The van der Waals surface area contributed by atoms with Gasteiger partial charge in [-0.15, -0.1) is 0 Å². The van der Waals surface area contributed by atoms with Crippen LogP contribution in [0.1, 0.15) is 35.7 Å². The van der Waals surface area contributed by atoms with Crippen molar-refractivity contribution in [2.75, 3.05) is 11.4 Å². The minimum Gasteiger partial charge on any atom is -0.305 e. The highest BCUT2D eigenvalue weighted by molar-refractivity contribution is 6.27. The summed E-state index contributed by atoms with van der Waals surface area (Å²) in [4.78, 5) is 37.3. The minimum absolute atomic E-state index is 0.127. The first-order chi connectivity index (χ1) is 9.54. The molecule has 0 fully saturated rings. The Hall–Kier alpha value is -2.24. The molecule has 0 saturated carbocycles. The summed E-state index contributed by atoms with van der Waals surface area (Å²) in [6.07, 6.45) is 1.42. The normalized spacial score (nSPS) is 24.6. The third-order valence-corrected chi connectivity index (χ3v) is 4.26. The number of hydrogen-bond donors (Lipinski definition) is 0. The van der Waals surface area contributed by atoms with E-state index < -0.39 is 22.2 Å². The van der Waals surface area contributed by atoms with E-state index in [0.29, 0.717) is 17.8 Å². The van der Waals surface area contributed by atoms with E-state index in [1.165, 1.54) is 11.8 Å². The highest BCUT2D eigenvalue weighted by Gasteiger charge is 2.62. The average Bonchev–Trinajstić information content (AvgIpc) is 2.45. The number of amides is 1. The fraction of sp³-hybridized carbons (Fsp3) is 0.429. The van der Waals surface area contributed by atoms with Crippen molar-refractivity contribution in [3.05, 3.63) is 39.4 Å². The molecule has 1 aromatic carbocycles. The largest absolute Gasteiger partial charge is 0.360 e. The SMILES string of the molecule is CCC1([N+](=O)[O-])C(=O)c2cccc3c2N(CCC3)C1=O. The minimum atomic E-state index is -2.15. The lowest BCUT2D eigenvalue weighted by molar-refractivity contribution is -0.533. The molecule has 0 N–H and O–H groups in total. The molecule has 6 heteroatoms. The monoisotopic (exact) mass is 274 g/mol. The lowest BCUT2D eigenvalue weighted by atomic mass is 9.79. The number of hydrogen-bond acceptors (Lipinski definition) is 4. The number of anilines is 1. The van der Waals surface area contributed by atoms with Gasteiger partial charge in [0.25, 0.3) is 5.78 Å². The van der Waals surface area contributed by atoms with E-state index in [-0.39, 0.29) is 6.42 Å². The number of Topliss-reactive ketones (excluding diaryl/α,β-unsaturated/α-hetero) is 1. The Morgan fingerprint density at radius 1 is 1.40 bits per heavy atom. The molecule has 1 amide bonds. The molecule has 20 heavy (non-hydrogen) atoms. The second kappa shape index (κ2) is 4.13. The van der Waals surface area contributed by atoms with Gasteiger partial charge in [0.1, 0.15) is 0 Å². The molecule has 0 spiro atoms. The maximum absolute atomic E-state index is 12.6. The molecule has 1 atom stereocenters. The Balaban J connectivity index is 2.31. The van der Waals surface area contributed by atoms with Crippen molar-refractivity contribution in [3.8, 4) is 0 Å². The second-order valence-electron chi connectivity index (χ2n) is 5.17. The van der Waals surface area contributed by atoms with Crippen LogP contribution in [0.5, 0.6) is 0 Å². The summed E-state index contributed by atoms with van der Waals surface area (Å²) >= 11 is 0. The zero-order valence-electron chi connectivity index (χ0n) is 11.1. The predicted molar refractivity (Wildman–Crippen MR) is 71.5 cm³/mol. The van der Waals surface area contributed by atoms with Crippen molar-refractivity contribution in [2.24, 2.45) is 0 Å². The van der Waals surface area contributed by atoms with Gasteiger partial charge in [-0.3, -0.25) is 19.7 Å².